The van der Waals surface area contributed by atoms with E-state index in [0.29, 0.717) is 5.02 Å². The summed E-state index contributed by atoms with van der Waals surface area (Å²) in [4.78, 5) is 4.58. The van der Waals surface area contributed by atoms with Crippen LogP contribution in [-0.4, -0.2) is 4.98 Å². The van der Waals surface area contributed by atoms with Crippen molar-refractivity contribution in [1.82, 2.24) is 4.98 Å². The quantitative estimate of drug-likeness (QED) is 0.483. The predicted molar refractivity (Wildman–Crippen MR) is 98.7 cm³/mol. The van der Waals surface area contributed by atoms with E-state index in [4.69, 9.17) is 11.6 Å². The maximum Gasteiger partial charge on any atom is 0.0727 e. The third-order valence-electron chi connectivity index (χ3n) is 3.96. The molecule has 1 aromatic heterocycles. The molecule has 0 bridgehead atoms. The monoisotopic (exact) mass is 318 g/mol. The maximum atomic E-state index is 6.17. The molecule has 0 atom stereocenters. The van der Waals surface area contributed by atoms with Gasteiger partial charge in [0, 0.05) is 32.9 Å². The van der Waals surface area contributed by atoms with E-state index in [9.17, 15) is 0 Å². The first-order valence-electron chi connectivity index (χ1n) is 7.52. The molecular formula is C20H15ClN2. The Kier molecular flexibility index (Phi) is 3.40. The highest BCUT2D eigenvalue weighted by atomic mass is 35.5. The largest absolute Gasteiger partial charge is 0.354 e. The molecule has 0 unspecified atom stereocenters. The Labute approximate surface area is 139 Å². The third-order valence-corrected chi connectivity index (χ3v) is 4.19. The number of benzene rings is 3. The van der Waals surface area contributed by atoms with E-state index >= 15 is 0 Å². The topological polar surface area (TPSA) is 24.9 Å². The second-order valence-corrected chi connectivity index (χ2v) is 6.06. The van der Waals surface area contributed by atoms with E-state index in [1.54, 1.807) is 0 Å². The molecule has 1 N–H and O–H groups in total. The molecule has 0 saturated heterocycles. The van der Waals surface area contributed by atoms with Gasteiger partial charge in [0.2, 0.25) is 0 Å². The molecule has 0 saturated carbocycles. The minimum absolute atomic E-state index is 0.712. The average Bonchev–Trinajstić information content (AvgIpc) is 2.56. The summed E-state index contributed by atoms with van der Waals surface area (Å²) in [6.45, 7) is 2.00. The van der Waals surface area contributed by atoms with Crippen LogP contribution in [0.1, 0.15) is 5.69 Å². The van der Waals surface area contributed by atoms with Gasteiger partial charge < -0.3 is 5.32 Å². The number of hydrogen-bond donors (Lipinski definition) is 1. The fourth-order valence-electron chi connectivity index (χ4n) is 2.91. The lowest BCUT2D eigenvalue weighted by molar-refractivity contribution is 1.25. The van der Waals surface area contributed by atoms with Crippen LogP contribution in [0.15, 0.2) is 66.7 Å². The molecule has 3 heteroatoms. The summed E-state index contributed by atoms with van der Waals surface area (Å²) in [5, 5.41) is 7.70. The van der Waals surface area contributed by atoms with Crippen molar-refractivity contribution in [3.05, 3.63) is 77.4 Å². The van der Waals surface area contributed by atoms with Crippen molar-refractivity contribution < 1.29 is 0 Å². The molecule has 0 fully saturated rings. The summed E-state index contributed by atoms with van der Waals surface area (Å²) in [5.41, 5.74) is 4.01. The fraction of sp³-hybridized carbons (Fsp3) is 0.0500. The van der Waals surface area contributed by atoms with Gasteiger partial charge in [-0.25, -0.2) is 0 Å². The molecule has 0 aliphatic carbocycles. The molecule has 0 aliphatic heterocycles. The second-order valence-electron chi connectivity index (χ2n) is 5.62. The highest BCUT2D eigenvalue weighted by Gasteiger charge is 2.07. The number of fused-ring (bicyclic) bond motifs is 2. The summed E-state index contributed by atoms with van der Waals surface area (Å²) < 4.78 is 0. The number of pyridine rings is 1. The van der Waals surface area contributed by atoms with E-state index in [1.807, 2.05) is 25.1 Å². The van der Waals surface area contributed by atoms with E-state index < -0.39 is 0 Å². The second kappa shape index (κ2) is 5.56. The number of halogens is 1. The van der Waals surface area contributed by atoms with Gasteiger partial charge >= 0.3 is 0 Å². The Morgan fingerprint density at radius 1 is 0.826 bits per heavy atom. The lowest BCUT2D eigenvalue weighted by atomic mass is 10.1. The first-order chi connectivity index (χ1) is 11.2. The Morgan fingerprint density at radius 3 is 2.57 bits per heavy atom. The Hall–Kier alpha value is -2.58. The number of rotatable bonds is 2. The fourth-order valence-corrected chi connectivity index (χ4v) is 3.09. The van der Waals surface area contributed by atoms with Gasteiger partial charge in [-0.3, -0.25) is 4.98 Å². The highest BCUT2D eigenvalue weighted by molar-refractivity contribution is 6.31. The average molecular weight is 319 g/mol. The van der Waals surface area contributed by atoms with Gasteiger partial charge in [0.25, 0.3) is 0 Å². The van der Waals surface area contributed by atoms with Crippen molar-refractivity contribution in [3.8, 4) is 0 Å². The van der Waals surface area contributed by atoms with Gasteiger partial charge in [0.05, 0.1) is 5.52 Å². The predicted octanol–water partition coefficient (Wildman–Crippen LogP) is 6.09. The van der Waals surface area contributed by atoms with E-state index in [0.717, 1.165) is 28.0 Å². The summed E-state index contributed by atoms with van der Waals surface area (Å²) >= 11 is 6.17. The van der Waals surface area contributed by atoms with Crippen molar-refractivity contribution in [2.24, 2.45) is 0 Å². The summed E-state index contributed by atoms with van der Waals surface area (Å²) in [6.07, 6.45) is 0. The number of aryl methyl sites for hydroxylation is 1. The van der Waals surface area contributed by atoms with Crippen LogP contribution in [0.4, 0.5) is 11.4 Å². The summed E-state index contributed by atoms with van der Waals surface area (Å²) in [5.74, 6) is 0. The minimum atomic E-state index is 0.712. The van der Waals surface area contributed by atoms with Crippen LogP contribution in [0, 0.1) is 6.92 Å². The first kappa shape index (κ1) is 14.0. The van der Waals surface area contributed by atoms with E-state index in [2.05, 4.69) is 58.8 Å². The normalized spacial score (nSPS) is 11.0. The van der Waals surface area contributed by atoms with Crippen molar-refractivity contribution >= 4 is 44.7 Å². The molecule has 4 aromatic rings. The van der Waals surface area contributed by atoms with Crippen LogP contribution in [0.25, 0.3) is 21.7 Å². The molecule has 112 valence electrons. The van der Waals surface area contributed by atoms with Gasteiger partial charge in [0.15, 0.2) is 0 Å². The maximum absolute atomic E-state index is 6.17. The smallest absolute Gasteiger partial charge is 0.0727 e. The van der Waals surface area contributed by atoms with Crippen LogP contribution in [0.3, 0.4) is 0 Å². The number of nitrogens with one attached hydrogen (secondary N) is 1. The van der Waals surface area contributed by atoms with Crippen LogP contribution in [0.5, 0.6) is 0 Å². The molecule has 0 radical (unpaired) electrons. The molecule has 3 aromatic carbocycles. The zero-order valence-corrected chi connectivity index (χ0v) is 13.4. The molecule has 23 heavy (non-hydrogen) atoms. The van der Waals surface area contributed by atoms with Gasteiger partial charge in [-0.15, -0.1) is 0 Å². The van der Waals surface area contributed by atoms with Crippen molar-refractivity contribution in [2.75, 3.05) is 5.32 Å². The number of nitrogens with zero attached hydrogens (tertiary/aromatic N) is 1. The van der Waals surface area contributed by atoms with Crippen LogP contribution in [-0.2, 0) is 0 Å². The minimum Gasteiger partial charge on any atom is -0.354 e. The van der Waals surface area contributed by atoms with Crippen LogP contribution >= 0.6 is 11.6 Å². The van der Waals surface area contributed by atoms with E-state index in [1.165, 1.54) is 10.8 Å². The standard InChI is InChI=1S/C20H15ClN2/c1-13-11-20(17-12-15(21)9-10-19(17)22-13)23-18-8-4-6-14-5-2-3-7-16(14)18/h2-12H,1H3,(H,22,23). The Bertz CT molecular complexity index is 1020. The van der Waals surface area contributed by atoms with Gasteiger partial charge in [0.1, 0.15) is 0 Å². The lowest BCUT2D eigenvalue weighted by Gasteiger charge is -2.13. The van der Waals surface area contributed by atoms with Crippen molar-refractivity contribution in [3.63, 3.8) is 0 Å². The first-order valence-corrected chi connectivity index (χ1v) is 7.90. The molecule has 0 amide bonds. The highest BCUT2D eigenvalue weighted by Crippen LogP contribution is 2.31. The number of anilines is 2. The number of hydrogen-bond acceptors (Lipinski definition) is 2. The molecular weight excluding hydrogens is 304 g/mol. The molecule has 0 spiro atoms. The van der Waals surface area contributed by atoms with Gasteiger partial charge in [-0.05, 0) is 42.6 Å². The Balaban J connectivity index is 1.91. The van der Waals surface area contributed by atoms with Crippen LogP contribution < -0.4 is 5.32 Å². The molecule has 2 nitrogen and oxygen atoms in total. The van der Waals surface area contributed by atoms with Crippen LogP contribution in [0.2, 0.25) is 5.02 Å². The zero-order valence-electron chi connectivity index (χ0n) is 12.7. The lowest BCUT2D eigenvalue weighted by Crippen LogP contribution is -1.95. The third kappa shape index (κ3) is 2.62. The molecule has 4 rings (SSSR count). The molecule has 0 aliphatic rings. The van der Waals surface area contributed by atoms with Gasteiger partial charge in [-0.1, -0.05) is 48.0 Å². The summed E-state index contributed by atoms with van der Waals surface area (Å²) in [6, 6.07) is 22.5. The van der Waals surface area contributed by atoms with E-state index in [-0.39, 0.29) is 0 Å². The van der Waals surface area contributed by atoms with Gasteiger partial charge in [-0.2, -0.15) is 0 Å². The zero-order chi connectivity index (χ0) is 15.8. The summed E-state index contributed by atoms with van der Waals surface area (Å²) in [7, 11) is 0. The van der Waals surface area contributed by atoms with Crippen molar-refractivity contribution in [1.29, 1.82) is 0 Å². The Morgan fingerprint density at radius 2 is 1.65 bits per heavy atom. The molecule has 1 heterocycles. The van der Waals surface area contributed by atoms with Crippen molar-refractivity contribution in [2.45, 2.75) is 6.92 Å². The SMILES string of the molecule is Cc1cc(Nc2cccc3ccccc23)c2cc(Cl)ccc2n1. The number of aromatic nitrogens is 1.